The van der Waals surface area contributed by atoms with Crippen molar-refractivity contribution in [2.45, 2.75) is 72.5 Å². The van der Waals surface area contributed by atoms with E-state index >= 15 is 0 Å². The Balaban J connectivity index is 0.00000151. The van der Waals surface area contributed by atoms with Crippen molar-refractivity contribution in [2.24, 2.45) is 0 Å². The number of aryl methyl sites for hydroxylation is 1. The van der Waals surface area contributed by atoms with E-state index in [1.165, 1.54) is 0 Å². The van der Waals surface area contributed by atoms with Crippen molar-refractivity contribution >= 4 is 11.8 Å². The number of hydrogen-bond acceptors (Lipinski definition) is 4. The molecule has 1 heterocycles. The second-order valence-corrected chi connectivity index (χ2v) is 7.01. The molecule has 2 N–H and O–H groups in total. The molecular formula is C20H34N2O3. The van der Waals surface area contributed by atoms with Gasteiger partial charge in [0.2, 0.25) is 0 Å². The minimum atomic E-state index is -0.454. The summed E-state index contributed by atoms with van der Waals surface area (Å²) in [5, 5.41) is 0. The molecule has 1 aliphatic heterocycles. The number of likely N-dealkylation sites (tertiary alicyclic amines) is 1. The lowest BCUT2D eigenvalue weighted by molar-refractivity contribution is 0.0126. The average Bonchev–Trinajstić information content (AvgIpc) is 2.57. The highest BCUT2D eigenvalue weighted by Crippen LogP contribution is 2.26. The van der Waals surface area contributed by atoms with Crippen molar-refractivity contribution in [1.29, 1.82) is 0 Å². The zero-order chi connectivity index (χ0) is 19.0. The van der Waals surface area contributed by atoms with Crippen LogP contribution in [-0.2, 0) is 11.2 Å². The number of nitrogens with zero attached hydrogens (tertiary/aromatic N) is 1. The molecule has 1 aliphatic rings. The molecule has 25 heavy (non-hydrogen) atoms. The van der Waals surface area contributed by atoms with E-state index < -0.39 is 5.60 Å². The molecule has 0 unspecified atom stereocenters. The van der Waals surface area contributed by atoms with Gasteiger partial charge in [-0.2, -0.15) is 0 Å². The minimum absolute atomic E-state index is 0.127. The molecule has 1 aromatic carbocycles. The first-order valence-electron chi connectivity index (χ1n) is 9.31. The predicted molar refractivity (Wildman–Crippen MR) is 103 cm³/mol. The quantitative estimate of drug-likeness (QED) is 0.807. The average molecular weight is 351 g/mol. The maximum Gasteiger partial charge on any atom is 0.410 e. The minimum Gasteiger partial charge on any atom is -0.490 e. The summed E-state index contributed by atoms with van der Waals surface area (Å²) < 4.78 is 11.5. The summed E-state index contributed by atoms with van der Waals surface area (Å²) in [6, 6.07) is 5.77. The Bertz CT molecular complexity index is 544. The van der Waals surface area contributed by atoms with Gasteiger partial charge in [-0.1, -0.05) is 20.8 Å². The van der Waals surface area contributed by atoms with Gasteiger partial charge in [0.25, 0.3) is 0 Å². The lowest BCUT2D eigenvalue weighted by Gasteiger charge is -2.33. The van der Waals surface area contributed by atoms with Gasteiger partial charge < -0.3 is 20.1 Å². The first-order valence-corrected chi connectivity index (χ1v) is 9.31. The molecule has 0 saturated carbocycles. The molecule has 0 atom stereocenters. The molecule has 1 aromatic rings. The fraction of sp³-hybridized carbons (Fsp3) is 0.650. The number of carbonyl (C=O) groups is 1. The van der Waals surface area contributed by atoms with Crippen molar-refractivity contribution in [3.05, 3.63) is 23.8 Å². The first kappa shape index (κ1) is 21.1. The van der Waals surface area contributed by atoms with Gasteiger partial charge in [0.15, 0.2) is 0 Å². The zero-order valence-corrected chi connectivity index (χ0v) is 16.6. The second-order valence-electron chi connectivity index (χ2n) is 7.01. The lowest BCUT2D eigenvalue weighted by atomic mass is 10.1. The normalized spacial score (nSPS) is 15.2. The molecule has 0 aliphatic carbocycles. The van der Waals surface area contributed by atoms with E-state index in [-0.39, 0.29) is 12.2 Å². The number of rotatable bonds is 3. The van der Waals surface area contributed by atoms with Crippen molar-refractivity contribution < 1.29 is 14.3 Å². The van der Waals surface area contributed by atoms with Crippen LogP contribution < -0.4 is 10.5 Å². The fourth-order valence-corrected chi connectivity index (χ4v) is 2.65. The topological polar surface area (TPSA) is 64.8 Å². The van der Waals surface area contributed by atoms with Crippen molar-refractivity contribution in [2.75, 3.05) is 18.8 Å². The molecule has 142 valence electrons. The smallest absolute Gasteiger partial charge is 0.410 e. The maximum atomic E-state index is 12.1. The van der Waals surface area contributed by atoms with Gasteiger partial charge in [-0.05, 0) is 51.0 Å². The van der Waals surface area contributed by atoms with Crippen LogP contribution in [0.1, 0.15) is 59.9 Å². The highest BCUT2D eigenvalue weighted by atomic mass is 16.6. The number of amides is 1. The van der Waals surface area contributed by atoms with E-state index in [4.69, 9.17) is 15.2 Å². The van der Waals surface area contributed by atoms with Crippen LogP contribution in [0.25, 0.3) is 0 Å². The van der Waals surface area contributed by atoms with Crippen LogP contribution in [0.5, 0.6) is 5.75 Å². The highest BCUT2D eigenvalue weighted by Gasteiger charge is 2.27. The van der Waals surface area contributed by atoms with Gasteiger partial charge in [-0.3, -0.25) is 0 Å². The van der Waals surface area contributed by atoms with Crippen LogP contribution in [0, 0.1) is 0 Å². The zero-order valence-electron chi connectivity index (χ0n) is 16.6. The molecule has 5 nitrogen and oxygen atoms in total. The standard InChI is InChI=1S/C18H28N2O3.C2H6/c1-5-13-12-14(19)6-7-16(13)22-15-8-10-20(11-9-15)17(21)23-18(2,3)4;1-2/h6-7,12,15H,5,8-11,19H2,1-4H3;1-2H3. The third-order valence-electron chi connectivity index (χ3n) is 3.85. The maximum absolute atomic E-state index is 12.1. The van der Waals surface area contributed by atoms with Gasteiger partial charge in [0, 0.05) is 31.6 Å². The van der Waals surface area contributed by atoms with Gasteiger partial charge in [-0.15, -0.1) is 0 Å². The van der Waals surface area contributed by atoms with Gasteiger partial charge in [0.05, 0.1) is 0 Å². The number of hydrogen-bond donors (Lipinski definition) is 1. The van der Waals surface area contributed by atoms with Crippen LogP contribution in [0.4, 0.5) is 10.5 Å². The SMILES string of the molecule is CC.CCc1cc(N)ccc1OC1CCN(C(=O)OC(C)(C)C)CC1. The monoisotopic (exact) mass is 350 g/mol. The van der Waals surface area contributed by atoms with E-state index in [1.807, 2.05) is 52.8 Å². The molecule has 0 bridgehead atoms. The number of anilines is 1. The van der Waals surface area contributed by atoms with Gasteiger partial charge in [0.1, 0.15) is 17.5 Å². The molecular weight excluding hydrogens is 316 g/mol. The summed E-state index contributed by atoms with van der Waals surface area (Å²) in [6.07, 6.45) is 2.40. The molecule has 0 radical (unpaired) electrons. The van der Waals surface area contributed by atoms with E-state index in [1.54, 1.807) is 4.90 Å². The second kappa shape index (κ2) is 9.54. The number of carbonyl (C=O) groups excluding carboxylic acids is 1. The van der Waals surface area contributed by atoms with Gasteiger partial charge >= 0.3 is 6.09 Å². The van der Waals surface area contributed by atoms with E-state index in [0.29, 0.717) is 13.1 Å². The Kier molecular flexibility index (Phi) is 8.07. The van der Waals surface area contributed by atoms with E-state index in [9.17, 15) is 4.79 Å². The van der Waals surface area contributed by atoms with Gasteiger partial charge in [-0.25, -0.2) is 4.79 Å². The van der Waals surface area contributed by atoms with Crippen LogP contribution in [0.15, 0.2) is 18.2 Å². The molecule has 5 heteroatoms. The highest BCUT2D eigenvalue weighted by molar-refractivity contribution is 5.68. The third kappa shape index (κ3) is 6.85. The van der Waals surface area contributed by atoms with Crippen LogP contribution in [0.2, 0.25) is 0 Å². The van der Waals surface area contributed by atoms with Crippen LogP contribution >= 0.6 is 0 Å². The number of ether oxygens (including phenoxy) is 2. The molecule has 1 saturated heterocycles. The summed E-state index contributed by atoms with van der Waals surface area (Å²) >= 11 is 0. The summed E-state index contributed by atoms with van der Waals surface area (Å²) in [7, 11) is 0. The van der Waals surface area contributed by atoms with E-state index in [0.717, 1.165) is 36.3 Å². The first-order chi connectivity index (χ1) is 11.8. The summed E-state index contributed by atoms with van der Waals surface area (Å²) in [6.45, 7) is 13.1. The molecule has 1 amide bonds. The van der Waals surface area contributed by atoms with Crippen molar-refractivity contribution in [3.63, 3.8) is 0 Å². The van der Waals surface area contributed by atoms with E-state index in [2.05, 4.69) is 6.92 Å². The fourth-order valence-electron chi connectivity index (χ4n) is 2.65. The summed E-state index contributed by atoms with van der Waals surface area (Å²) in [5.41, 5.74) is 7.25. The number of nitrogen functional groups attached to an aromatic ring is 1. The Labute approximate surface area is 152 Å². The molecule has 2 rings (SSSR count). The van der Waals surface area contributed by atoms with Crippen molar-refractivity contribution in [1.82, 2.24) is 4.90 Å². The Morgan fingerprint density at radius 2 is 1.84 bits per heavy atom. The van der Waals surface area contributed by atoms with Crippen molar-refractivity contribution in [3.8, 4) is 5.75 Å². The van der Waals surface area contributed by atoms with Crippen LogP contribution in [-0.4, -0.2) is 35.8 Å². The largest absolute Gasteiger partial charge is 0.490 e. The molecule has 0 spiro atoms. The lowest BCUT2D eigenvalue weighted by Crippen LogP contribution is -2.44. The Morgan fingerprint density at radius 3 is 2.36 bits per heavy atom. The predicted octanol–water partition coefficient (Wildman–Crippen LogP) is 4.64. The Morgan fingerprint density at radius 1 is 1.24 bits per heavy atom. The molecule has 1 fully saturated rings. The summed E-state index contributed by atoms with van der Waals surface area (Å²) in [5.74, 6) is 0.900. The number of piperidine rings is 1. The number of benzene rings is 1. The number of nitrogens with two attached hydrogens (primary N) is 1. The Hall–Kier alpha value is -1.91. The molecule has 0 aromatic heterocycles. The third-order valence-corrected chi connectivity index (χ3v) is 3.85. The summed E-state index contributed by atoms with van der Waals surface area (Å²) in [4.78, 5) is 13.8. The van der Waals surface area contributed by atoms with Crippen LogP contribution in [0.3, 0.4) is 0 Å².